The first-order valence-electron chi connectivity index (χ1n) is 7.81. The molecule has 21 heavy (non-hydrogen) atoms. The molecule has 1 saturated heterocycles. The molecule has 1 aromatic carbocycles. The standard InChI is InChI=1S/C17H26N2OSi/c1-21(2,3)20-17(13-18)16-9-11-19(12-10-16)14-15-7-5-4-6-8-15/h4-8,16-17H,9-12,14H2,1-3H3. The molecule has 1 aliphatic rings. The zero-order valence-corrected chi connectivity index (χ0v) is 14.4. The van der Waals surface area contributed by atoms with Gasteiger partial charge in [0.15, 0.2) is 8.32 Å². The van der Waals surface area contributed by atoms with E-state index in [0.717, 1.165) is 32.5 Å². The Bertz CT molecular complexity index is 470. The lowest BCUT2D eigenvalue weighted by molar-refractivity contribution is 0.101. The van der Waals surface area contributed by atoms with Crippen LogP contribution in [0.15, 0.2) is 30.3 Å². The van der Waals surface area contributed by atoms with Crippen LogP contribution in [-0.4, -0.2) is 32.4 Å². The monoisotopic (exact) mass is 302 g/mol. The maximum absolute atomic E-state index is 9.38. The summed E-state index contributed by atoms with van der Waals surface area (Å²) in [5.41, 5.74) is 1.37. The van der Waals surface area contributed by atoms with E-state index in [1.54, 1.807) is 0 Å². The third-order valence-electron chi connectivity index (χ3n) is 3.92. The van der Waals surface area contributed by atoms with Crippen molar-refractivity contribution in [2.24, 2.45) is 5.92 Å². The highest BCUT2D eigenvalue weighted by Crippen LogP contribution is 2.25. The average molecular weight is 302 g/mol. The molecule has 0 radical (unpaired) electrons. The number of piperidine rings is 1. The first-order chi connectivity index (χ1) is 9.98. The van der Waals surface area contributed by atoms with Crippen LogP contribution in [-0.2, 0) is 11.0 Å². The summed E-state index contributed by atoms with van der Waals surface area (Å²) in [6.45, 7) is 9.60. The van der Waals surface area contributed by atoms with Gasteiger partial charge in [0.25, 0.3) is 0 Å². The molecule has 1 aliphatic heterocycles. The molecule has 1 heterocycles. The molecule has 2 rings (SSSR count). The lowest BCUT2D eigenvalue weighted by atomic mass is 9.92. The summed E-state index contributed by atoms with van der Waals surface area (Å²) < 4.78 is 6.04. The van der Waals surface area contributed by atoms with E-state index in [0.29, 0.717) is 5.92 Å². The van der Waals surface area contributed by atoms with Gasteiger partial charge in [0.05, 0.1) is 6.07 Å². The minimum atomic E-state index is -1.64. The number of hydrogen-bond donors (Lipinski definition) is 0. The lowest BCUT2D eigenvalue weighted by Gasteiger charge is -2.35. The fourth-order valence-corrected chi connectivity index (χ4v) is 3.87. The minimum Gasteiger partial charge on any atom is -0.402 e. The topological polar surface area (TPSA) is 36.3 Å². The Hall–Kier alpha value is -1.15. The lowest BCUT2D eigenvalue weighted by Crippen LogP contribution is -2.41. The first-order valence-corrected chi connectivity index (χ1v) is 11.2. The molecule has 1 unspecified atom stereocenters. The Morgan fingerprint density at radius 1 is 1.24 bits per heavy atom. The molecule has 0 aliphatic carbocycles. The van der Waals surface area contributed by atoms with E-state index in [1.165, 1.54) is 5.56 Å². The Morgan fingerprint density at radius 2 is 1.86 bits per heavy atom. The highest BCUT2D eigenvalue weighted by Gasteiger charge is 2.30. The third-order valence-corrected chi connectivity index (χ3v) is 4.88. The highest BCUT2D eigenvalue weighted by atomic mass is 28.4. The number of nitriles is 1. The SMILES string of the molecule is C[Si](C)(C)OC(C#N)C1CCN(Cc2ccccc2)CC1. The van der Waals surface area contributed by atoms with E-state index in [4.69, 9.17) is 4.43 Å². The second-order valence-corrected chi connectivity index (χ2v) is 11.3. The molecular formula is C17H26N2OSi. The van der Waals surface area contributed by atoms with Gasteiger partial charge in [-0.3, -0.25) is 4.90 Å². The normalized spacial score (nSPS) is 19.1. The third kappa shape index (κ3) is 5.27. The predicted molar refractivity (Wildman–Crippen MR) is 88.3 cm³/mol. The van der Waals surface area contributed by atoms with Gasteiger partial charge in [0.2, 0.25) is 0 Å². The minimum absolute atomic E-state index is 0.212. The van der Waals surface area contributed by atoms with Gasteiger partial charge in [-0.2, -0.15) is 5.26 Å². The maximum Gasteiger partial charge on any atom is 0.185 e. The van der Waals surface area contributed by atoms with Crippen molar-refractivity contribution in [2.45, 2.75) is 45.1 Å². The van der Waals surface area contributed by atoms with Crippen LogP contribution in [0.25, 0.3) is 0 Å². The van der Waals surface area contributed by atoms with E-state index >= 15 is 0 Å². The Kier molecular flexibility index (Phi) is 5.57. The zero-order valence-electron chi connectivity index (χ0n) is 13.4. The smallest absolute Gasteiger partial charge is 0.185 e. The van der Waals surface area contributed by atoms with Crippen molar-refractivity contribution >= 4 is 8.32 Å². The molecule has 114 valence electrons. The van der Waals surface area contributed by atoms with Crippen LogP contribution in [0.1, 0.15) is 18.4 Å². The van der Waals surface area contributed by atoms with Crippen LogP contribution in [0, 0.1) is 17.2 Å². The van der Waals surface area contributed by atoms with Gasteiger partial charge in [0.1, 0.15) is 6.10 Å². The molecule has 0 N–H and O–H groups in total. The molecule has 0 bridgehead atoms. The molecule has 3 nitrogen and oxygen atoms in total. The van der Waals surface area contributed by atoms with Crippen molar-refractivity contribution in [1.29, 1.82) is 5.26 Å². The molecule has 0 amide bonds. The predicted octanol–water partition coefficient (Wildman–Crippen LogP) is 3.64. The summed E-state index contributed by atoms with van der Waals surface area (Å²) >= 11 is 0. The number of benzene rings is 1. The first kappa shape index (κ1) is 16.2. The fourth-order valence-electron chi connectivity index (χ4n) is 2.86. The number of hydrogen-bond acceptors (Lipinski definition) is 3. The second-order valence-electron chi connectivity index (χ2n) is 6.88. The van der Waals surface area contributed by atoms with E-state index in [1.807, 2.05) is 0 Å². The summed E-state index contributed by atoms with van der Waals surface area (Å²) in [6, 6.07) is 13.0. The van der Waals surface area contributed by atoms with Crippen molar-refractivity contribution in [3.8, 4) is 6.07 Å². The fraction of sp³-hybridized carbons (Fsp3) is 0.588. The molecular weight excluding hydrogens is 276 g/mol. The van der Waals surface area contributed by atoms with Gasteiger partial charge < -0.3 is 4.43 Å². The molecule has 1 atom stereocenters. The second kappa shape index (κ2) is 7.21. The molecule has 1 fully saturated rings. The summed E-state index contributed by atoms with van der Waals surface area (Å²) in [7, 11) is -1.64. The summed E-state index contributed by atoms with van der Waals surface area (Å²) in [5.74, 6) is 0.397. The largest absolute Gasteiger partial charge is 0.402 e. The summed E-state index contributed by atoms with van der Waals surface area (Å²) in [4.78, 5) is 2.48. The van der Waals surface area contributed by atoms with Crippen LogP contribution >= 0.6 is 0 Å². The van der Waals surface area contributed by atoms with Gasteiger partial charge in [-0.25, -0.2) is 0 Å². The van der Waals surface area contributed by atoms with Crippen LogP contribution in [0.3, 0.4) is 0 Å². The Labute approximate surface area is 129 Å². The number of likely N-dealkylation sites (tertiary alicyclic amines) is 1. The highest BCUT2D eigenvalue weighted by molar-refractivity contribution is 6.69. The van der Waals surface area contributed by atoms with Gasteiger partial charge >= 0.3 is 0 Å². The van der Waals surface area contributed by atoms with Crippen LogP contribution in [0.2, 0.25) is 19.6 Å². The Balaban J connectivity index is 1.84. The molecule has 1 aromatic rings. The van der Waals surface area contributed by atoms with Gasteiger partial charge in [-0.1, -0.05) is 30.3 Å². The van der Waals surface area contributed by atoms with Gasteiger partial charge in [0, 0.05) is 6.54 Å². The zero-order chi connectivity index (χ0) is 15.3. The summed E-state index contributed by atoms with van der Waals surface area (Å²) in [6.07, 6.45) is 1.92. The number of rotatable bonds is 5. The Morgan fingerprint density at radius 3 is 2.38 bits per heavy atom. The van der Waals surface area contributed by atoms with Crippen molar-refractivity contribution in [2.75, 3.05) is 13.1 Å². The van der Waals surface area contributed by atoms with Gasteiger partial charge in [-0.15, -0.1) is 0 Å². The molecule has 4 heteroatoms. The molecule has 0 aromatic heterocycles. The van der Waals surface area contributed by atoms with E-state index in [2.05, 4.69) is 60.9 Å². The van der Waals surface area contributed by atoms with Crippen molar-refractivity contribution in [3.63, 3.8) is 0 Å². The van der Waals surface area contributed by atoms with Crippen molar-refractivity contribution in [1.82, 2.24) is 4.90 Å². The van der Waals surface area contributed by atoms with Crippen LogP contribution in [0.5, 0.6) is 0 Å². The van der Waals surface area contributed by atoms with E-state index in [-0.39, 0.29) is 6.10 Å². The number of nitrogens with zero attached hydrogens (tertiary/aromatic N) is 2. The van der Waals surface area contributed by atoms with Crippen LogP contribution in [0.4, 0.5) is 0 Å². The molecule has 0 saturated carbocycles. The van der Waals surface area contributed by atoms with E-state index in [9.17, 15) is 5.26 Å². The maximum atomic E-state index is 9.38. The van der Waals surface area contributed by atoms with Crippen molar-refractivity contribution < 1.29 is 4.43 Å². The van der Waals surface area contributed by atoms with Crippen LogP contribution < -0.4 is 0 Å². The molecule has 0 spiro atoms. The summed E-state index contributed by atoms with van der Waals surface area (Å²) in [5, 5.41) is 9.38. The quantitative estimate of drug-likeness (QED) is 0.779. The van der Waals surface area contributed by atoms with E-state index < -0.39 is 8.32 Å². The van der Waals surface area contributed by atoms with Gasteiger partial charge in [-0.05, 0) is 57.1 Å². The average Bonchev–Trinajstić information content (AvgIpc) is 2.46. The van der Waals surface area contributed by atoms with Crippen molar-refractivity contribution in [3.05, 3.63) is 35.9 Å².